The molecule has 1 aromatic heterocycles. The van der Waals surface area contributed by atoms with Gasteiger partial charge in [0.1, 0.15) is 5.67 Å². The lowest BCUT2D eigenvalue weighted by atomic mass is 9.99. The van der Waals surface area contributed by atoms with Crippen LogP contribution in [0.5, 0.6) is 0 Å². The lowest BCUT2D eigenvalue weighted by Crippen LogP contribution is -2.60. The number of halogens is 2. The van der Waals surface area contributed by atoms with E-state index in [4.69, 9.17) is 16.3 Å². The fourth-order valence-electron chi connectivity index (χ4n) is 3.44. The van der Waals surface area contributed by atoms with Crippen molar-refractivity contribution in [1.82, 2.24) is 14.8 Å². The van der Waals surface area contributed by atoms with Crippen molar-refractivity contribution < 1.29 is 18.7 Å². The van der Waals surface area contributed by atoms with Gasteiger partial charge in [-0.05, 0) is 24.6 Å². The highest BCUT2D eigenvalue weighted by Gasteiger charge is 2.41. The van der Waals surface area contributed by atoms with Gasteiger partial charge in [0.2, 0.25) is 5.91 Å². The molecule has 1 N–H and O–H groups in total. The number of benzene rings is 1. The Morgan fingerprint density at radius 1 is 1.32 bits per heavy atom. The number of hydrogen-bond donors (Lipinski definition) is 1. The van der Waals surface area contributed by atoms with Crippen LogP contribution in [0.25, 0.3) is 11.1 Å². The van der Waals surface area contributed by atoms with E-state index in [9.17, 15) is 14.0 Å². The number of hydrogen-bond acceptors (Lipinski definition) is 3. The van der Waals surface area contributed by atoms with Crippen molar-refractivity contribution in [3.8, 4) is 11.1 Å². The molecule has 3 heterocycles. The molecule has 2 aliphatic heterocycles. The van der Waals surface area contributed by atoms with Crippen LogP contribution < -0.4 is 5.32 Å². The summed E-state index contributed by atoms with van der Waals surface area (Å²) in [5.74, 6) is -0.648. The van der Waals surface area contributed by atoms with Crippen molar-refractivity contribution in [3.63, 3.8) is 0 Å². The quantitative estimate of drug-likeness (QED) is 0.831. The molecule has 0 atom stereocenters. The summed E-state index contributed by atoms with van der Waals surface area (Å²) < 4.78 is 20.8. The third kappa shape index (κ3) is 3.77. The van der Waals surface area contributed by atoms with Gasteiger partial charge >= 0.3 is 0 Å². The Labute approximate surface area is 167 Å². The SMILES string of the molecule is CC1(F)CN(C(=O)CNC(=O)c2cn(C3COC3)cc2-c2cccc(Cl)c2)C1. The number of amides is 2. The maximum absolute atomic E-state index is 13.6. The van der Waals surface area contributed by atoms with E-state index < -0.39 is 5.67 Å². The molecule has 2 fully saturated rings. The van der Waals surface area contributed by atoms with Crippen LogP contribution in [0.3, 0.4) is 0 Å². The van der Waals surface area contributed by atoms with Crippen molar-refractivity contribution in [2.24, 2.45) is 0 Å². The molecule has 0 spiro atoms. The van der Waals surface area contributed by atoms with Gasteiger partial charge < -0.3 is 19.5 Å². The average molecular weight is 406 g/mol. The average Bonchev–Trinajstić information content (AvgIpc) is 3.00. The van der Waals surface area contributed by atoms with Gasteiger partial charge in [0.25, 0.3) is 5.91 Å². The number of alkyl halides is 1. The summed E-state index contributed by atoms with van der Waals surface area (Å²) in [7, 11) is 0. The summed E-state index contributed by atoms with van der Waals surface area (Å²) in [6.45, 7) is 2.61. The zero-order valence-corrected chi connectivity index (χ0v) is 16.2. The molecule has 0 saturated carbocycles. The first-order chi connectivity index (χ1) is 13.3. The number of nitrogens with one attached hydrogen (secondary N) is 1. The maximum atomic E-state index is 13.6. The predicted molar refractivity (Wildman–Crippen MR) is 103 cm³/mol. The Balaban J connectivity index is 1.51. The lowest BCUT2D eigenvalue weighted by Gasteiger charge is -2.42. The van der Waals surface area contributed by atoms with E-state index in [0.29, 0.717) is 23.8 Å². The summed E-state index contributed by atoms with van der Waals surface area (Å²) >= 11 is 6.11. The van der Waals surface area contributed by atoms with Crippen LogP contribution in [0.4, 0.5) is 4.39 Å². The summed E-state index contributed by atoms with van der Waals surface area (Å²) in [5, 5.41) is 3.23. The number of ether oxygens (including phenoxy) is 1. The van der Waals surface area contributed by atoms with E-state index in [1.165, 1.54) is 11.8 Å². The molecule has 0 radical (unpaired) electrons. The number of nitrogens with zero attached hydrogens (tertiary/aromatic N) is 2. The van der Waals surface area contributed by atoms with E-state index in [2.05, 4.69) is 5.32 Å². The van der Waals surface area contributed by atoms with Gasteiger partial charge in [0.05, 0.1) is 44.5 Å². The van der Waals surface area contributed by atoms with Crippen LogP contribution in [0.2, 0.25) is 5.02 Å². The fourth-order valence-corrected chi connectivity index (χ4v) is 3.63. The van der Waals surface area contributed by atoms with Crippen molar-refractivity contribution in [2.45, 2.75) is 18.6 Å². The Kier molecular flexibility index (Phi) is 4.89. The van der Waals surface area contributed by atoms with Crippen LogP contribution in [0.15, 0.2) is 36.7 Å². The molecule has 0 bridgehead atoms. The molecular formula is C20H21ClFN3O3. The molecule has 2 aliphatic rings. The molecule has 6 nitrogen and oxygen atoms in total. The van der Waals surface area contributed by atoms with E-state index >= 15 is 0 Å². The van der Waals surface area contributed by atoms with E-state index in [1.807, 2.05) is 22.9 Å². The first-order valence-electron chi connectivity index (χ1n) is 9.12. The molecule has 4 rings (SSSR count). The second kappa shape index (κ2) is 7.22. The van der Waals surface area contributed by atoms with Gasteiger partial charge in [0, 0.05) is 23.0 Å². The van der Waals surface area contributed by atoms with Crippen molar-refractivity contribution in [1.29, 1.82) is 0 Å². The van der Waals surface area contributed by atoms with Crippen molar-refractivity contribution in [2.75, 3.05) is 32.8 Å². The summed E-state index contributed by atoms with van der Waals surface area (Å²) in [4.78, 5) is 26.3. The van der Waals surface area contributed by atoms with E-state index in [-0.39, 0.29) is 37.5 Å². The molecule has 1 aromatic carbocycles. The number of rotatable bonds is 5. The molecule has 2 aromatic rings. The number of carbonyl (C=O) groups excluding carboxylic acids is 2. The van der Waals surface area contributed by atoms with Gasteiger partial charge in [0.15, 0.2) is 0 Å². The van der Waals surface area contributed by atoms with Gasteiger partial charge in [-0.3, -0.25) is 9.59 Å². The van der Waals surface area contributed by atoms with Crippen LogP contribution >= 0.6 is 11.6 Å². The Morgan fingerprint density at radius 2 is 2.07 bits per heavy atom. The molecule has 28 heavy (non-hydrogen) atoms. The molecule has 0 unspecified atom stereocenters. The van der Waals surface area contributed by atoms with E-state index in [1.54, 1.807) is 18.3 Å². The first-order valence-corrected chi connectivity index (χ1v) is 9.50. The van der Waals surface area contributed by atoms with Gasteiger partial charge in [-0.1, -0.05) is 23.7 Å². The standard InChI is InChI=1S/C20H21ClFN3O3/c1-20(22)11-25(12-20)18(26)6-23-19(27)17-8-24(15-9-28-10-15)7-16(17)13-3-2-4-14(21)5-13/h2-5,7-8,15H,6,9-12H2,1H3,(H,23,27). The number of carbonyl (C=O) groups is 2. The molecular weight excluding hydrogens is 385 g/mol. The van der Waals surface area contributed by atoms with Crippen LogP contribution in [0, 0.1) is 0 Å². The highest BCUT2D eigenvalue weighted by Crippen LogP contribution is 2.30. The fraction of sp³-hybridized carbons (Fsp3) is 0.400. The second-order valence-corrected chi connectivity index (χ2v) is 8.02. The molecule has 148 valence electrons. The minimum Gasteiger partial charge on any atom is -0.377 e. The van der Waals surface area contributed by atoms with Crippen molar-refractivity contribution in [3.05, 3.63) is 47.2 Å². The zero-order chi connectivity index (χ0) is 19.9. The molecule has 2 saturated heterocycles. The highest BCUT2D eigenvalue weighted by molar-refractivity contribution is 6.30. The first kappa shape index (κ1) is 19.0. The van der Waals surface area contributed by atoms with Gasteiger partial charge in [-0.15, -0.1) is 0 Å². The van der Waals surface area contributed by atoms with Crippen molar-refractivity contribution >= 4 is 23.4 Å². The maximum Gasteiger partial charge on any atom is 0.253 e. The molecule has 8 heteroatoms. The zero-order valence-electron chi connectivity index (χ0n) is 15.5. The Bertz CT molecular complexity index is 915. The predicted octanol–water partition coefficient (Wildman–Crippen LogP) is 2.68. The van der Waals surface area contributed by atoms with Gasteiger partial charge in [-0.25, -0.2) is 4.39 Å². The Morgan fingerprint density at radius 3 is 2.68 bits per heavy atom. The number of aromatic nitrogens is 1. The smallest absolute Gasteiger partial charge is 0.253 e. The van der Waals surface area contributed by atoms with Crippen LogP contribution in [0.1, 0.15) is 23.3 Å². The topological polar surface area (TPSA) is 63.6 Å². The third-order valence-electron chi connectivity index (χ3n) is 5.06. The third-order valence-corrected chi connectivity index (χ3v) is 5.30. The summed E-state index contributed by atoms with van der Waals surface area (Å²) in [6.07, 6.45) is 3.67. The largest absolute Gasteiger partial charge is 0.377 e. The minimum atomic E-state index is -1.33. The minimum absolute atomic E-state index is 0.0630. The monoisotopic (exact) mass is 405 g/mol. The van der Waals surface area contributed by atoms with Crippen LogP contribution in [-0.4, -0.2) is 59.8 Å². The Hall–Kier alpha value is -2.38. The van der Waals surface area contributed by atoms with E-state index in [0.717, 1.165) is 11.1 Å². The second-order valence-electron chi connectivity index (χ2n) is 7.58. The summed E-state index contributed by atoms with van der Waals surface area (Å²) in [6, 6.07) is 7.45. The van der Waals surface area contributed by atoms with Gasteiger partial charge in [-0.2, -0.15) is 0 Å². The number of likely N-dealkylation sites (tertiary alicyclic amines) is 1. The normalized spacial score (nSPS) is 18.3. The lowest BCUT2D eigenvalue weighted by molar-refractivity contribution is -0.142. The molecule has 0 aliphatic carbocycles. The highest BCUT2D eigenvalue weighted by atomic mass is 35.5. The van der Waals surface area contributed by atoms with Crippen LogP contribution in [-0.2, 0) is 9.53 Å². The molecule has 2 amide bonds. The summed E-state index contributed by atoms with van der Waals surface area (Å²) in [5.41, 5.74) is 0.682.